The second-order valence-electron chi connectivity index (χ2n) is 5.87. The van der Waals surface area contributed by atoms with Crippen LogP contribution in [0.5, 0.6) is 0 Å². The Hall–Kier alpha value is -2.09. The zero-order valence-corrected chi connectivity index (χ0v) is 14.3. The Morgan fingerprint density at radius 2 is 2.33 bits per heavy atom. The zero-order chi connectivity index (χ0) is 16.4. The average Bonchev–Trinajstić information content (AvgIpc) is 3.27. The van der Waals surface area contributed by atoms with Crippen LogP contribution in [0.3, 0.4) is 0 Å². The lowest BCUT2D eigenvalue weighted by Crippen LogP contribution is -2.37. The molecule has 0 saturated carbocycles. The first-order valence-corrected chi connectivity index (χ1v) is 8.81. The van der Waals surface area contributed by atoms with Gasteiger partial charge in [-0.05, 0) is 19.1 Å². The Morgan fingerprint density at radius 1 is 1.38 bits per heavy atom. The van der Waals surface area contributed by atoms with Gasteiger partial charge in [-0.2, -0.15) is 5.10 Å². The fourth-order valence-electron chi connectivity index (χ4n) is 2.91. The van der Waals surface area contributed by atoms with Gasteiger partial charge >= 0.3 is 0 Å². The molecule has 0 bridgehead atoms. The number of aromatic nitrogens is 4. The van der Waals surface area contributed by atoms with Gasteiger partial charge in [0, 0.05) is 42.5 Å². The van der Waals surface area contributed by atoms with Gasteiger partial charge in [-0.25, -0.2) is 9.97 Å². The number of nitrogens with one attached hydrogen (secondary N) is 1. The fraction of sp³-hybridized carbons (Fsp3) is 0.353. The number of morpholine rings is 1. The van der Waals surface area contributed by atoms with Crippen LogP contribution in [0.4, 0.5) is 0 Å². The van der Waals surface area contributed by atoms with Gasteiger partial charge in [0.1, 0.15) is 6.10 Å². The van der Waals surface area contributed by atoms with Crippen LogP contribution in [0.15, 0.2) is 36.8 Å². The van der Waals surface area contributed by atoms with E-state index in [1.165, 1.54) is 4.88 Å². The molecule has 7 heteroatoms. The molecule has 0 amide bonds. The molecule has 24 heavy (non-hydrogen) atoms. The molecule has 0 aliphatic carbocycles. The van der Waals surface area contributed by atoms with Gasteiger partial charge in [-0.3, -0.25) is 10.00 Å². The number of thiazole rings is 1. The van der Waals surface area contributed by atoms with Gasteiger partial charge in [0.15, 0.2) is 0 Å². The van der Waals surface area contributed by atoms with E-state index in [1.807, 2.05) is 37.5 Å². The van der Waals surface area contributed by atoms with Crippen LogP contribution in [0.2, 0.25) is 0 Å². The van der Waals surface area contributed by atoms with Crippen molar-refractivity contribution in [1.82, 2.24) is 25.1 Å². The number of aromatic amines is 1. The molecule has 1 fully saturated rings. The third kappa shape index (κ3) is 3.38. The van der Waals surface area contributed by atoms with Gasteiger partial charge < -0.3 is 4.74 Å². The largest absolute Gasteiger partial charge is 0.369 e. The Balaban J connectivity index is 1.48. The summed E-state index contributed by atoms with van der Waals surface area (Å²) in [5.41, 5.74) is 2.88. The van der Waals surface area contributed by atoms with E-state index in [1.54, 1.807) is 17.5 Å². The molecule has 0 spiro atoms. The first-order valence-electron chi connectivity index (χ1n) is 7.99. The van der Waals surface area contributed by atoms with Crippen molar-refractivity contribution >= 4 is 11.3 Å². The third-order valence-electron chi connectivity index (χ3n) is 4.09. The molecule has 4 heterocycles. The van der Waals surface area contributed by atoms with Crippen LogP contribution in [0.25, 0.3) is 11.3 Å². The van der Waals surface area contributed by atoms with Crippen molar-refractivity contribution in [3.63, 3.8) is 0 Å². The van der Waals surface area contributed by atoms with E-state index in [0.717, 1.165) is 48.2 Å². The summed E-state index contributed by atoms with van der Waals surface area (Å²) >= 11 is 1.76. The van der Waals surface area contributed by atoms with Crippen LogP contribution in [-0.4, -0.2) is 44.8 Å². The molecule has 1 atom stereocenters. The normalized spacial score (nSPS) is 18.8. The topological polar surface area (TPSA) is 66.9 Å². The molecule has 4 rings (SSSR count). The summed E-state index contributed by atoms with van der Waals surface area (Å²) in [5.74, 6) is 0. The van der Waals surface area contributed by atoms with E-state index in [9.17, 15) is 0 Å². The molecule has 3 aromatic rings. The van der Waals surface area contributed by atoms with Crippen molar-refractivity contribution in [2.45, 2.75) is 19.6 Å². The summed E-state index contributed by atoms with van der Waals surface area (Å²) in [5, 5.41) is 7.94. The lowest BCUT2D eigenvalue weighted by molar-refractivity contribution is -0.0346. The van der Waals surface area contributed by atoms with Crippen molar-refractivity contribution < 1.29 is 4.74 Å². The number of aryl methyl sites for hydroxylation is 1. The number of rotatable bonds is 4. The van der Waals surface area contributed by atoms with Gasteiger partial charge in [-0.1, -0.05) is 6.07 Å². The van der Waals surface area contributed by atoms with E-state index in [4.69, 9.17) is 9.72 Å². The number of hydrogen-bond acceptors (Lipinski definition) is 6. The van der Waals surface area contributed by atoms with Gasteiger partial charge in [0.2, 0.25) is 0 Å². The molecule has 1 saturated heterocycles. The summed E-state index contributed by atoms with van der Waals surface area (Å²) < 4.78 is 5.97. The van der Waals surface area contributed by atoms with Gasteiger partial charge in [0.05, 0.1) is 29.2 Å². The highest BCUT2D eigenvalue weighted by atomic mass is 32.1. The van der Waals surface area contributed by atoms with Crippen molar-refractivity contribution in [1.29, 1.82) is 0 Å². The Bertz CT molecular complexity index is 801. The predicted molar refractivity (Wildman–Crippen MR) is 92.6 cm³/mol. The molecule has 3 aromatic heterocycles. The second-order valence-corrected chi connectivity index (χ2v) is 7.19. The number of ether oxygens (including phenoxy) is 1. The molecule has 6 nitrogen and oxygen atoms in total. The first kappa shape index (κ1) is 15.4. The highest BCUT2D eigenvalue weighted by molar-refractivity contribution is 7.11. The van der Waals surface area contributed by atoms with E-state index in [0.29, 0.717) is 0 Å². The lowest BCUT2D eigenvalue weighted by atomic mass is 10.1. The Labute approximate surface area is 144 Å². The van der Waals surface area contributed by atoms with Crippen molar-refractivity contribution in [3.8, 4) is 11.3 Å². The smallest absolute Gasteiger partial charge is 0.112 e. The van der Waals surface area contributed by atoms with Gasteiger partial charge in [-0.15, -0.1) is 11.3 Å². The minimum Gasteiger partial charge on any atom is -0.369 e. The highest BCUT2D eigenvalue weighted by Crippen LogP contribution is 2.25. The Kier molecular flexibility index (Phi) is 4.38. The van der Waals surface area contributed by atoms with Crippen LogP contribution in [0, 0.1) is 6.92 Å². The fourth-order valence-corrected chi connectivity index (χ4v) is 3.74. The van der Waals surface area contributed by atoms with Crippen LogP contribution < -0.4 is 0 Å². The summed E-state index contributed by atoms with van der Waals surface area (Å²) in [6.07, 6.45) is 5.61. The van der Waals surface area contributed by atoms with E-state index >= 15 is 0 Å². The van der Waals surface area contributed by atoms with Crippen LogP contribution in [-0.2, 0) is 11.3 Å². The molecule has 0 radical (unpaired) electrons. The quantitative estimate of drug-likeness (QED) is 0.790. The van der Waals surface area contributed by atoms with Crippen molar-refractivity contribution in [3.05, 3.63) is 52.4 Å². The second kappa shape index (κ2) is 6.80. The van der Waals surface area contributed by atoms with Gasteiger partial charge in [0.25, 0.3) is 0 Å². The maximum absolute atomic E-state index is 5.97. The summed E-state index contributed by atoms with van der Waals surface area (Å²) in [7, 11) is 0. The number of hydrogen-bond donors (Lipinski definition) is 1. The molecular weight excluding hydrogens is 322 g/mol. The van der Waals surface area contributed by atoms with E-state index in [-0.39, 0.29) is 6.10 Å². The number of pyridine rings is 1. The number of H-pyrrole nitrogens is 1. The van der Waals surface area contributed by atoms with E-state index in [2.05, 4.69) is 20.1 Å². The zero-order valence-electron chi connectivity index (χ0n) is 13.5. The van der Waals surface area contributed by atoms with Crippen molar-refractivity contribution in [2.24, 2.45) is 0 Å². The minimum atomic E-state index is -0.000352. The molecular formula is C17H19N5OS. The molecule has 1 aliphatic heterocycles. The first-order chi connectivity index (χ1) is 11.8. The standard InChI is InChI=1S/C17H19N5OS/c1-12-18-9-14(24-12)10-22-5-6-23-17(11-22)16-4-2-3-15(21-16)13-7-19-20-8-13/h2-4,7-9,17H,5-6,10-11H2,1H3,(H,19,20). The minimum absolute atomic E-state index is 0.000352. The van der Waals surface area contributed by atoms with Crippen LogP contribution >= 0.6 is 11.3 Å². The summed E-state index contributed by atoms with van der Waals surface area (Å²) in [6, 6.07) is 6.06. The average molecular weight is 341 g/mol. The SMILES string of the molecule is Cc1ncc(CN2CCOC(c3cccc(-c4cn[nH]c4)n3)C2)s1. The predicted octanol–water partition coefficient (Wildman–Crippen LogP) is 2.81. The molecule has 0 aromatic carbocycles. The molecule has 1 aliphatic rings. The monoisotopic (exact) mass is 341 g/mol. The maximum Gasteiger partial charge on any atom is 0.112 e. The van der Waals surface area contributed by atoms with E-state index < -0.39 is 0 Å². The van der Waals surface area contributed by atoms with Crippen molar-refractivity contribution in [2.75, 3.05) is 19.7 Å². The third-order valence-corrected chi connectivity index (χ3v) is 4.99. The Morgan fingerprint density at radius 3 is 3.12 bits per heavy atom. The van der Waals surface area contributed by atoms with Crippen LogP contribution in [0.1, 0.15) is 21.7 Å². The number of nitrogens with zero attached hydrogens (tertiary/aromatic N) is 4. The molecule has 124 valence electrons. The maximum atomic E-state index is 5.97. The molecule has 1 unspecified atom stereocenters. The lowest BCUT2D eigenvalue weighted by Gasteiger charge is -2.32. The molecule has 1 N–H and O–H groups in total. The summed E-state index contributed by atoms with van der Waals surface area (Å²) in [4.78, 5) is 12.8. The summed E-state index contributed by atoms with van der Waals surface area (Å²) in [6.45, 7) is 5.47. The highest BCUT2D eigenvalue weighted by Gasteiger charge is 2.23.